The third-order valence-corrected chi connectivity index (χ3v) is 5.17. The Labute approximate surface area is 115 Å². The van der Waals surface area contributed by atoms with E-state index in [-0.39, 0.29) is 11.5 Å². The Hall–Kier alpha value is -0.650. The van der Waals surface area contributed by atoms with Gasteiger partial charge in [0.25, 0.3) is 0 Å². The molecule has 108 valence electrons. The van der Waals surface area contributed by atoms with E-state index in [1.165, 1.54) is 26.5 Å². The highest BCUT2D eigenvalue weighted by molar-refractivity contribution is 5.81. The first-order chi connectivity index (χ1) is 9.26. The summed E-state index contributed by atoms with van der Waals surface area (Å²) in [5.41, 5.74) is -0.359. The van der Waals surface area contributed by atoms with E-state index < -0.39 is 0 Å². The number of carbonyl (C=O) groups is 1. The van der Waals surface area contributed by atoms with Crippen LogP contribution in [0, 0.1) is 0 Å². The van der Waals surface area contributed by atoms with Crippen LogP contribution in [0.4, 0.5) is 0 Å². The molecule has 2 atom stereocenters. The standard InChI is InChI=1S/C14H25N3O2/c1-19-13(18)14(17-9-5-15-6-10-17)4-8-16-7-2-3-12(16)11-14/h12,15H,2-11H2,1H3. The lowest BCUT2D eigenvalue weighted by atomic mass is 9.81. The van der Waals surface area contributed by atoms with Crippen LogP contribution in [0.3, 0.4) is 0 Å². The summed E-state index contributed by atoms with van der Waals surface area (Å²) in [5.74, 6) is -0.0130. The Morgan fingerprint density at radius 1 is 1.26 bits per heavy atom. The predicted molar refractivity (Wildman–Crippen MR) is 73.0 cm³/mol. The minimum Gasteiger partial charge on any atom is -0.468 e. The molecule has 19 heavy (non-hydrogen) atoms. The van der Waals surface area contributed by atoms with Crippen molar-refractivity contribution in [2.24, 2.45) is 0 Å². The Kier molecular flexibility index (Phi) is 3.78. The van der Waals surface area contributed by atoms with E-state index in [1.807, 2.05) is 0 Å². The average Bonchev–Trinajstić information content (AvgIpc) is 2.94. The quantitative estimate of drug-likeness (QED) is 0.717. The van der Waals surface area contributed by atoms with Crippen molar-refractivity contribution >= 4 is 5.97 Å². The first kappa shape index (κ1) is 13.3. The fraction of sp³-hybridized carbons (Fsp3) is 0.929. The van der Waals surface area contributed by atoms with Gasteiger partial charge in [-0.25, -0.2) is 0 Å². The lowest BCUT2D eigenvalue weighted by molar-refractivity contribution is -0.161. The molecule has 3 aliphatic heterocycles. The number of carbonyl (C=O) groups excluding carboxylic acids is 1. The minimum atomic E-state index is -0.359. The highest BCUT2D eigenvalue weighted by atomic mass is 16.5. The summed E-state index contributed by atoms with van der Waals surface area (Å²) in [7, 11) is 1.54. The number of ether oxygens (including phenoxy) is 1. The molecule has 0 spiro atoms. The number of nitrogens with one attached hydrogen (secondary N) is 1. The van der Waals surface area contributed by atoms with Crippen molar-refractivity contribution in [3.63, 3.8) is 0 Å². The van der Waals surface area contributed by atoms with Gasteiger partial charge >= 0.3 is 5.97 Å². The molecule has 0 aliphatic carbocycles. The van der Waals surface area contributed by atoms with E-state index in [0.717, 1.165) is 45.6 Å². The zero-order chi connectivity index (χ0) is 13.3. The van der Waals surface area contributed by atoms with Gasteiger partial charge in [-0.2, -0.15) is 0 Å². The maximum Gasteiger partial charge on any atom is 0.326 e. The van der Waals surface area contributed by atoms with Crippen LogP contribution in [0.1, 0.15) is 25.7 Å². The highest BCUT2D eigenvalue weighted by Gasteiger charge is 2.51. The average molecular weight is 267 g/mol. The normalized spacial score (nSPS) is 37.0. The van der Waals surface area contributed by atoms with Gasteiger partial charge in [0, 0.05) is 38.8 Å². The number of rotatable bonds is 2. The number of fused-ring (bicyclic) bond motifs is 1. The Bertz CT molecular complexity index is 344. The largest absolute Gasteiger partial charge is 0.468 e. The van der Waals surface area contributed by atoms with Crippen molar-refractivity contribution in [1.29, 1.82) is 0 Å². The zero-order valence-electron chi connectivity index (χ0n) is 11.9. The maximum atomic E-state index is 12.5. The molecule has 0 bridgehead atoms. The van der Waals surface area contributed by atoms with Gasteiger partial charge in [-0.15, -0.1) is 0 Å². The van der Waals surface area contributed by atoms with Crippen LogP contribution in [-0.2, 0) is 9.53 Å². The number of hydrogen-bond donors (Lipinski definition) is 1. The molecule has 5 nitrogen and oxygen atoms in total. The molecular weight excluding hydrogens is 242 g/mol. The van der Waals surface area contributed by atoms with Crippen LogP contribution in [0.25, 0.3) is 0 Å². The molecule has 0 amide bonds. The number of esters is 1. The van der Waals surface area contributed by atoms with Gasteiger partial charge in [-0.1, -0.05) is 0 Å². The van der Waals surface area contributed by atoms with Crippen LogP contribution in [0.5, 0.6) is 0 Å². The molecule has 3 heterocycles. The van der Waals surface area contributed by atoms with E-state index >= 15 is 0 Å². The van der Waals surface area contributed by atoms with Gasteiger partial charge in [-0.3, -0.25) is 9.69 Å². The minimum absolute atomic E-state index is 0.0130. The molecule has 0 radical (unpaired) electrons. The summed E-state index contributed by atoms with van der Waals surface area (Å²) in [5, 5.41) is 3.37. The lowest BCUT2D eigenvalue weighted by Gasteiger charge is -2.49. The summed E-state index contributed by atoms with van der Waals surface area (Å²) < 4.78 is 5.18. The Morgan fingerprint density at radius 3 is 2.79 bits per heavy atom. The van der Waals surface area contributed by atoms with Crippen LogP contribution >= 0.6 is 0 Å². The van der Waals surface area contributed by atoms with E-state index in [1.54, 1.807) is 0 Å². The van der Waals surface area contributed by atoms with E-state index in [9.17, 15) is 4.79 Å². The fourth-order valence-corrected chi connectivity index (χ4v) is 4.13. The SMILES string of the molecule is COC(=O)C1(N2CCNCC2)CCN2CCCC2C1. The van der Waals surface area contributed by atoms with Crippen LogP contribution in [0.15, 0.2) is 0 Å². The first-order valence-corrected chi connectivity index (χ1v) is 7.54. The molecule has 3 rings (SSSR count). The first-order valence-electron chi connectivity index (χ1n) is 7.54. The molecule has 3 aliphatic rings. The van der Waals surface area contributed by atoms with Crippen molar-refractivity contribution in [1.82, 2.24) is 15.1 Å². The topological polar surface area (TPSA) is 44.8 Å². The molecule has 0 aromatic heterocycles. The van der Waals surface area contributed by atoms with E-state index in [4.69, 9.17) is 4.74 Å². The van der Waals surface area contributed by atoms with Gasteiger partial charge < -0.3 is 15.0 Å². The molecule has 3 saturated heterocycles. The summed E-state index contributed by atoms with van der Waals surface area (Å²) in [6.45, 7) is 6.14. The summed E-state index contributed by atoms with van der Waals surface area (Å²) in [4.78, 5) is 17.4. The van der Waals surface area contributed by atoms with Crippen LogP contribution in [0.2, 0.25) is 0 Å². The second-order valence-electron chi connectivity index (χ2n) is 6.05. The van der Waals surface area contributed by atoms with Crippen LogP contribution in [-0.4, -0.2) is 73.7 Å². The number of piperazine rings is 1. The molecule has 0 saturated carbocycles. The van der Waals surface area contributed by atoms with Gasteiger partial charge in [0.05, 0.1) is 7.11 Å². The highest BCUT2D eigenvalue weighted by Crippen LogP contribution is 2.37. The van der Waals surface area contributed by atoms with Crippen molar-refractivity contribution in [2.75, 3.05) is 46.4 Å². The number of hydrogen-bond acceptors (Lipinski definition) is 5. The third kappa shape index (κ3) is 2.28. The number of piperidine rings is 1. The zero-order valence-corrected chi connectivity index (χ0v) is 11.9. The van der Waals surface area contributed by atoms with Crippen molar-refractivity contribution in [3.8, 4) is 0 Å². The Balaban J connectivity index is 1.82. The summed E-state index contributed by atoms with van der Waals surface area (Å²) in [6.07, 6.45) is 4.41. The van der Waals surface area contributed by atoms with Gasteiger partial charge in [0.1, 0.15) is 5.54 Å². The van der Waals surface area contributed by atoms with Gasteiger partial charge in [0.2, 0.25) is 0 Å². The second-order valence-corrected chi connectivity index (χ2v) is 6.05. The van der Waals surface area contributed by atoms with E-state index in [2.05, 4.69) is 15.1 Å². The molecule has 3 fully saturated rings. The molecule has 5 heteroatoms. The van der Waals surface area contributed by atoms with Crippen molar-refractivity contribution in [3.05, 3.63) is 0 Å². The smallest absolute Gasteiger partial charge is 0.326 e. The fourth-order valence-electron chi connectivity index (χ4n) is 4.13. The molecule has 0 aromatic rings. The predicted octanol–water partition coefficient (Wildman–Crippen LogP) is 0.0616. The van der Waals surface area contributed by atoms with Gasteiger partial charge in [0.15, 0.2) is 0 Å². The Morgan fingerprint density at radius 2 is 2.05 bits per heavy atom. The molecule has 0 aromatic carbocycles. The monoisotopic (exact) mass is 267 g/mol. The van der Waals surface area contributed by atoms with Gasteiger partial charge in [-0.05, 0) is 32.2 Å². The van der Waals surface area contributed by atoms with E-state index in [0.29, 0.717) is 6.04 Å². The molecule has 1 N–H and O–H groups in total. The number of nitrogens with zero attached hydrogens (tertiary/aromatic N) is 2. The molecule has 2 unspecified atom stereocenters. The summed E-state index contributed by atoms with van der Waals surface area (Å²) in [6, 6.07) is 0.586. The lowest BCUT2D eigenvalue weighted by Crippen LogP contribution is -2.65. The molecular formula is C14H25N3O2. The number of methoxy groups -OCH3 is 1. The summed E-state index contributed by atoms with van der Waals surface area (Å²) >= 11 is 0. The van der Waals surface area contributed by atoms with Crippen molar-refractivity contribution < 1.29 is 9.53 Å². The maximum absolute atomic E-state index is 12.5. The second kappa shape index (κ2) is 5.38. The van der Waals surface area contributed by atoms with Crippen LogP contribution < -0.4 is 5.32 Å². The third-order valence-electron chi connectivity index (χ3n) is 5.17. The van der Waals surface area contributed by atoms with Crippen molar-refractivity contribution in [2.45, 2.75) is 37.3 Å².